The van der Waals surface area contributed by atoms with Crippen molar-refractivity contribution in [3.63, 3.8) is 0 Å². The van der Waals surface area contributed by atoms with Gasteiger partial charge >= 0.3 is 0 Å². The molecule has 36 heavy (non-hydrogen) atoms. The molecule has 3 fully saturated rings. The lowest BCUT2D eigenvalue weighted by atomic mass is 9.77. The number of piperidine rings is 1. The molecular formula is C28H42N4O4. The van der Waals surface area contributed by atoms with Gasteiger partial charge in [-0.25, -0.2) is 0 Å². The molecule has 1 atom stereocenters. The van der Waals surface area contributed by atoms with Crippen LogP contribution in [0.2, 0.25) is 0 Å². The van der Waals surface area contributed by atoms with E-state index in [9.17, 15) is 19.5 Å². The summed E-state index contributed by atoms with van der Waals surface area (Å²) in [6.07, 6.45) is 7.79. The zero-order chi connectivity index (χ0) is 25.8. The van der Waals surface area contributed by atoms with Crippen molar-refractivity contribution < 1.29 is 19.5 Å². The first-order valence-corrected chi connectivity index (χ1v) is 13.7. The average molecular weight is 499 g/mol. The van der Waals surface area contributed by atoms with Crippen molar-refractivity contribution in [1.82, 2.24) is 20.4 Å². The Morgan fingerprint density at radius 2 is 1.75 bits per heavy atom. The second-order valence-corrected chi connectivity index (χ2v) is 10.9. The second-order valence-electron chi connectivity index (χ2n) is 10.9. The maximum Gasteiger partial charge on any atom is 0.251 e. The number of benzene rings is 1. The van der Waals surface area contributed by atoms with E-state index in [1.807, 2.05) is 29.2 Å². The van der Waals surface area contributed by atoms with Crippen LogP contribution in [0.4, 0.5) is 0 Å². The van der Waals surface area contributed by atoms with Crippen LogP contribution in [-0.2, 0) is 16.1 Å². The molecule has 8 heteroatoms. The number of nitrogens with zero attached hydrogens (tertiary/aromatic N) is 2. The third kappa shape index (κ3) is 5.59. The molecule has 1 saturated carbocycles. The zero-order valence-corrected chi connectivity index (χ0v) is 21.9. The van der Waals surface area contributed by atoms with Gasteiger partial charge in [-0.2, -0.15) is 0 Å². The van der Waals surface area contributed by atoms with Gasteiger partial charge in [-0.3, -0.25) is 19.3 Å². The molecular weight excluding hydrogens is 456 g/mol. The van der Waals surface area contributed by atoms with Crippen molar-refractivity contribution in [1.29, 1.82) is 0 Å². The first kappa shape index (κ1) is 26.6. The Hall–Kier alpha value is -2.45. The summed E-state index contributed by atoms with van der Waals surface area (Å²) in [5.74, 6) is -0.187. The molecule has 1 aromatic carbocycles. The minimum absolute atomic E-state index is 0.0275. The summed E-state index contributed by atoms with van der Waals surface area (Å²) in [6.45, 7) is 4.86. The Bertz CT molecular complexity index is 933. The Labute approximate surface area is 214 Å². The topological polar surface area (TPSA) is 102 Å². The van der Waals surface area contributed by atoms with Gasteiger partial charge in [0.1, 0.15) is 11.6 Å². The molecule has 0 bridgehead atoms. The first-order chi connectivity index (χ1) is 17.3. The van der Waals surface area contributed by atoms with Gasteiger partial charge in [0.2, 0.25) is 11.8 Å². The number of unbranched alkanes of at least 4 members (excludes halogenated alkanes) is 1. The van der Waals surface area contributed by atoms with E-state index in [-0.39, 0.29) is 17.7 Å². The fourth-order valence-electron chi connectivity index (χ4n) is 6.19. The maximum absolute atomic E-state index is 13.7. The van der Waals surface area contributed by atoms with Crippen molar-refractivity contribution in [2.45, 2.75) is 94.9 Å². The second kappa shape index (κ2) is 11.3. The molecule has 2 aliphatic heterocycles. The molecule has 0 unspecified atom stereocenters. The van der Waals surface area contributed by atoms with Crippen LogP contribution in [0.3, 0.4) is 0 Å². The van der Waals surface area contributed by atoms with Gasteiger partial charge in [0.05, 0.1) is 5.60 Å². The number of hydrogen-bond acceptors (Lipinski definition) is 5. The van der Waals surface area contributed by atoms with Crippen molar-refractivity contribution in [3.8, 4) is 0 Å². The Balaban J connectivity index is 1.43. The van der Waals surface area contributed by atoms with E-state index in [0.717, 1.165) is 57.3 Å². The molecule has 198 valence electrons. The summed E-state index contributed by atoms with van der Waals surface area (Å²) in [7, 11) is 1.62. The van der Waals surface area contributed by atoms with Gasteiger partial charge in [0, 0.05) is 45.2 Å². The van der Waals surface area contributed by atoms with Crippen LogP contribution in [0.5, 0.6) is 0 Å². The largest absolute Gasteiger partial charge is 0.390 e. The number of aliphatic hydroxyl groups is 1. The highest BCUT2D eigenvalue weighted by Gasteiger charge is 2.54. The van der Waals surface area contributed by atoms with E-state index in [2.05, 4.69) is 22.5 Å². The van der Waals surface area contributed by atoms with Gasteiger partial charge < -0.3 is 20.6 Å². The van der Waals surface area contributed by atoms with Gasteiger partial charge in [-0.15, -0.1) is 0 Å². The number of likely N-dealkylation sites (tertiary alicyclic amines) is 1. The minimum atomic E-state index is -0.858. The van der Waals surface area contributed by atoms with Crippen molar-refractivity contribution in [2.75, 3.05) is 26.7 Å². The standard InChI is InChI=1S/C28H42N4O4/c1-3-4-16-32-25(34)23(19-27(36)12-6-5-7-13-27)30-26(35)28(32)14-17-31(18-15-28)20-21-8-10-22(11-9-21)24(33)29-2/h8-11,23,36H,3-7,12-20H2,1-2H3,(H,29,33)(H,30,35)/t23-/m1/s1. The summed E-state index contributed by atoms with van der Waals surface area (Å²) < 4.78 is 0. The number of carbonyl (C=O) groups is 3. The number of hydrogen-bond donors (Lipinski definition) is 3. The van der Waals surface area contributed by atoms with Crippen LogP contribution in [0, 0.1) is 0 Å². The van der Waals surface area contributed by atoms with E-state index in [4.69, 9.17) is 0 Å². The third-order valence-electron chi connectivity index (χ3n) is 8.45. The predicted octanol–water partition coefficient (Wildman–Crippen LogP) is 2.59. The molecule has 1 aliphatic carbocycles. The molecule has 4 rings (SSSR count). The molecule has 0 aromatic heterocycles. The molecule has 1 aromatic rings. The number of rotatable bonds is 8. The van der Waals surface area contributed by atoms with E-state index in [0.29, 0.717) is 44.2 Å². The Morgan fingerprint density at radius 3 is 2.36 bits per heavy atom. The molecule has 3 amide bonds. The number of nitrogens with one attached hydrogen (secondary N) is 2. The van der Waals surface area contributed by atoms with Crippen molar-refractivity contribution in [3.05, 3.63) is 35.4 Å². The first-order valence-electron chi connectivity index (χ1n) is 13.7. The number of amides is 3. The highest BCUT2D eigenvalue weighted by atomic mass is 16.3. The SMILES string of the molecule is CCCCN1C(=O)[C@@H](CC2(O)CCCCC2)NC(=O)C12CCN(Cc1ccc(C(=O)NC)cc1)CC2. The normalized spacial score (nSPS) is 24.0. The summed E-state index contributed by atoms with van der Waals surface area (Å²) in [6, 6.07) is 6.97. The lowest BCUT2D eigenvalue weighted by Crippen LogP contribution is -2.73. The summed E-state index contributed by atoms with van der Waals surface area (Å²) in [5, 5.41) is 16.8. The van der Waals surface area contributed by atoms with E-state index in [1.165, 1.54) is 0 Å². The van der Waals surface area contributed by atoms with Crippen LogP contribution in [0.25, 0.3) is 0 Å². The molecule has 1 spiro atoms. The molecule has 2 saturated heterocycles. The van der Waals surface area contributed by atoms with Gasteiger partial charge in [0.15, 0.2) is 0 Å². The molecule has 3 N–H and O–H groups in total. The Kier molecular flexibility index (Phi) is 8.35. The maximum atomic E-state index is 13.7. The minimum Gasteiger partial charge on any atom is -0.390 e. The average Bonchev–Trinajstić information content (AvgIpc) is 2.89. The highest BCUT2D eigenvalue weighted by molar-refractivity contribution is 6.00. The van der Waals surface area contributed by atoms with Gasteiger partial charge in [0.25, 0.3) is 5.91 Å². The summed E-state index contributed by atoms with van der Waals surface area (Å²) in [5.41, 5.74) is 0.0859. The monoisotopic (exact) mass is 498 g/mol. The number of carbonyl (C=O) groups excluding carboxylic acids is 3. The summed E-state index contributed by atoms with van der Waals surface area (Å²) in [4.78, 5) is 43.3. The molecule has 8 nitrogen and oxygen atoms in total. The van der Waals surface area contributed by atoms with Crippen LogP contribution in [0.1, 0.15) is 87.1 Å². The van der Waals surface area contributed by atoms with Gasteiger partial charge in [-0.1, -0.05) is 44.7 Å². The lowest BCUT2D eigenvalue weighted by Gasteiger charge is -2.52. The number of piperazine rings is 1. The predicted molar refractivity (Wildman–Crippen MR) is 138 cm³/mol. The highest BCUT2D eigenvalue weighted by Crippen LogP contribution is 2.37. The van der Waals surface area contributed by atoms with Crippen LogP contribution >= 0.6 is 0 Å². The van der Waals surface area contributed by atoms with Crippen LogP contribution in [0.15, 0.2) is 24.3 Å². The molecule has 0 radical (unpaired) electrons. The van der Waals surface area contributed by atoms with Crippen molar-refractivity contribution in [2.24, 2.45) is 0 Å². The fraction of sp³-hybridized carbons (Fsp3) is 0.679. The Morgan fingerprint density at radius 1 is 1.08 bits per heavy atom. The van der Waals surface area contributed by atoms with E-state index in [1.54, 1.807) is 7.05 Å². The van der Waals surface area contributed by atoms with Crippen molar-refractivity contribution >= 4 is 17.7 Å². The van der Waals surface area contributed by atoms with Crippen LogP contribution in [-0.4, -0.2) is 76.5 Å². The summed E-state index contributed by atoms with van der Waals surface area (Å²) >= 11 is 0. The third-order valence-corrected chi connectivity index (χ3v) is 8.45. The van der Waals surface area contributed by atoms with Crippen LogP contribution < -0.4 is 10.6 Å². The lowest BCUT2D eigenvalue weighted by molar-refractivity contribution is -0.163. The van der Waals surface area contributed by atoms with Gasteiger partial charge in [-0.05, 0) is 49.8 Å². The smallest absolute Gasteiger partial charge is 0.251 e. The molecule has 3 aliphatic rings. The molecule has 2 heterocycles. The quantitative estimate of drug-likeness (QED) is 0.511. The van der Waals surface area contributed by atoms with E-state index >= 15 is 0 Å². The fourth-order valence-corrected chi connectivity index (χ4v) is 6.19. The zero-order valence-electron chi connectivity index (χ0n) is 21.9. The van der Waals surface area contributed by atoms with E-state index < -0.39 is 17.2 Å².